The van der Waals surface area contributed by atoms with Gasteiger partial charge in [-0.2, -0.15) is 5.10 Å². The van der Waals surface area contributed by atoms with Crippen LogP contribution in [0, 0.1) is 0 Å². The van der Waals surface area contributed by atoms with E-state index in [0.717, 1.165) is 34.4 Å². The van der Waals surface area contributed by atoms with Gasteiger partial charge in [-0.05, 0) is 43.5 Å². The van der Waals surface area contributed by atoms with E-state index in [-0.39, 0.29) is 0 Å². The second kappa shape index (κ2) is 3.79. The van der Waals surface area contributed by atoms with Crippen LogP contribution in [-0.4, -0.2) is 9.78 Å². The maximum Gasteiger partial charge on any atom is 0.136 e. The van der Waals surface area contributed by atoms with Crippen molar-refractivity contribution in [1.82, 2.24) is 9.78 Å². The molecule has 1 heterocycles. The lowest BCUT2D eigenvalue weighted by Crippen LogP contribution is -1.97. The second-order valence-corrected chi connectivity index (χ2v) is 4.75. The van der Waals surface area contributed by atoms with Crippen LogP contribution in [0.2, 0.25) is 10.2 Å². The maximum atomic E-state index is 6.31. The van der Waals surface area contributed by atoms with Gasteiger partial charge in [0.1, 0.15) is 5.15 Å². The third kappa shape index (κ3) is 1.53. The molecular weight excluding hydrogens is 243 g/mol. The molecule has 2 aromatic rings. The first-order valence-corrected chi connectivity index (χ1v) is 6.03. The zero-order valence-electron chi connectivity index (χ0n) is 8.58. The average molecular weight is 253 g/mol. The Labute approximate surface area is 104 Å². The summed E-state index contributed by atoms with van der Waals surface area (Å²) in [5, 5.41) is 6.00. The molecule has 0 spiro atoms. The smallest absolute Gasteiger partial charge is 0.136 e. The Bertz CT molecular complexity index is 529. The van der Waals surface area contributed by atoms with Crippen LogP contribution in [0.1, 0.15) is 17.7 Å². The van der Waals surface area contributed by atoms with Crippen LogP contribution in [0.3, 0.4) is 0 Å². The van der Waals surface area contributed by atoms with Crippen molar-refractivity contribution in [1.29, 1.82) is 0 Å². The molecule has 1 aromatic carbocycles. The van der Waals surface area contributed by atoms with Crippen LogP contribution in [0.4, 0.5) is 0 Å². The summed E-state index contributed by atoms with van der Waals surface area (Å²) in [4.78, 5) is 0. The summed E-state index contributed by atoms with van der Waals surface area (Å²) in [7, 11) is 0. The van der Waals surface area contributed by atoms with Gasteiger partial charge in [0.2, 0.25) is 0 Å². The molecule has 0 saturated heterocycles. The summed E-state index contributed by atoms with van der Waals surface area (Å²) in [6.45, 7) is 0. The van der Waals surface area contributed by atoms with E-state index in [9.17, 15) is 0 Å². The molecular formula is C12H10Cl2N2. The normalized spacial score (nSPS) is 14.1. The lowest BCUT2D eigenvalue weighted by molar-refractivity contribution is 0.801. The third-order valence-corrected chi connectivity index (χ3v) is 3.56. The number of hydrogen-bond donors (Lipinski definition) is 0. The fourth-order valence-electron chi connectivity index (χ4n) is 2.11. The Morgan fingerprint density at radius 3 is 2.50 bits per heavy atom. The van der Waals surface area contributed by atoms with E-state index in [1.54, 1.807) is 4.68 Å². The van der Waals surface area contributed by atoms with Crippen molar-refractivity contribution in [2.45, 2.75) is 19.3 Å². The molecule has 0 atom stereocenters. The van der Waals surface area contributed by atoms with E-state index >= 15 is 0 Å². The topological polar surface area (TPSA) is 17.8 Å². The van der Waals surface area contributed by atoms with Gasteiger partial charge in [-0.25, -0.2) is 4.68 Å². The Hall–Kier alpha value is -0.990. The summed E-state index contributed by atoms with van der Waals surface area (Å²) in [6, 6.07) is 7.55. The zero-order valence-corrected chi connectivity index (χ0v) is 10.1. The Balaban J connectivity index is 2.10. The van der Waals surface area contributed by atoms with Crippen molar-refractivity contribution < 1.29 is 0 Å². The molecule has 1 aliphatic rings. The van der Waals surface area contributed by atoms with Gasteiger partial charge in [-0.1, -0.05) is 23.2 Å². The van der Waals surface area contributed by atoms with E-state index in [1.165, 1.54) is 12.0 Å². The molecule has 0 saturated carbocycles. The van der Waals surface area contributed by atoms with Crippen molar-refractivity contribution in [3.8, 4) is 5.69 Å². The molecule has 3 rings (SSSR count). The number of rotatable bonds is 1. The summed E-state index contributed by atoms with van der Waals surface area (Å²) < 4.78 is 1.79. The lowest BCUT2D eigenvalue weighted by atomic mass is 10.3. The summed E-state index contributed by atoms with van der Waals surface area (Å²) in [6.07, 6.45) is 3.25. The molecule has 16 heavy (non-hydrogen) atoms. The van der Waals surface area contributed by atoms with E-state index in [0.29, 0.717) is 0 Å². The van der Waals surface area contributed by atoms with Crippen molar-refractivity contribution in [3.63, 3.8) is 0 Å². The van der Waals surface area contributed by atoms with E-state index in [2.05, 4.69) is 5.10 Å². The molecule has 0 fully saturated rings. The lowest BCUT2D eigenvalue weighted by Gasteiger charge is -2.03. The highest BCUT2D eigenvalue weighted by Gasteiger charge is 2.21. The van der Waals surface area contributed by atoms with Gasteiger partial charge in [0, 0.05) is 10.6 Å². The minimum atomic E-state index is 0.722. The number of hydrogen-bond acceptors (Lipinski definition) is 1. The highest BCUT2D eigenvalue weighted by molar-refractivity contribution is 6.31. The molecule has 0 N–H and O–H groups in total. The third-order valence-electron chi connectivity index (χ3n) is 2.92. The molecule has 0 bridgehead atoms. The second-order valence-electron chi connectivity index (χ2n) is 3.96. The van der Waals surface area contributed by atoms with Gasteiger partial charge in [-0.15, -0.1) is 0 Å². The molecule has 82 valence electrons. The fourth-order valence-corrected chi connectivity index (χ4v) is 2.57. The Morgan fingerprint density at radius 2 is 1.81 bits per heavy atom. The monoisotopic (exact) mass is 252 g/mol. The first kappa shape index (κ1) is 10.2. The summed E-state index contributed by atoms with van der Waals surface area (Å²) in [5.41, 5.74) is 3.31. The summed E-state index contributed by atoms with van der Waals surface area (Å²) in [5.74, 6) is 0. The molecule has 1 aliphatic carbocycles. The maximum absolute atomic E-state index is 6.31. The fraction of sp³-hybridized carbons (Fsp3) is 0.250. The molecule has 0 aliphatic heterocycles. The number of aromatic nitrogens is 2. The Morgan fingerprint density at radius 1 is 1.06 bits per heavy atom. The quantitative estimate of drug-likeness (QED) is 0.758. The number of aryl methyl sites for hydroxylation is 1. The van der Waals surface area contributed by atoms with E-state index in [4.69, 9.17) is 23.2 Å². The molecule has 2 nitrogen and oxygen atoms in total. The van der Waals surface area contributed by atoms with Crippen LogP contribution < -0.4 is 0 Å². The Kier molecular flexibility index (Phi) is 2.41. The van der Waals surface area contributed by atoms with Crippen LogP contribution in [0.15, 0.2) is 24.3 Å². The van der Waals surface area contributed by atoms with Crippen LogP contribution >= 0.6 is 23.2 Å². The summed E-state index contributed by atoms with van der Waals surface area (Å²) >= 11 is 12.2. The van der Waals surface area contributed by atoms with Crippen molar-refractivity contribution in [2.75, 3.05) is 0 Å². The predicted octanol–water partition coefficient (Wildman–Crippen LogP) is 3.67. The standard InChI is InChI=1S/C12H10Cl2N2/c13-8-4-6-9(7-5-8)16-12(14)10-2-1-3-11(10)15-16/h4-7H,1-3H2. The first-order chi connectivity index (χ1) is 7.75. The van der Waals surface area contributed by atoms with Crippen molar-refractivity contribution in [3.05, 3.63) is 45.7 Å². The van der Waals surface area contributed by atoms with Gasteiger partial charge in [0.05, 0.1) is 11.4 Å². The van der Waals surface area contributed by atoms with Gasteiger partial charge < -0.3 is 0 Å². The number of halogens is 2. The number of benzene rings is 1. The number of fused-ring (bicyclic) bond motifs is 1. The minimum absolute atomic E-state index is 0.722. The zero-order chi connectivity index (χ0) is 11.1. The molecule has 0 unspecified atom stereocenters. The van der Waals surface area contributed by atoms with Gasteiger partial charge in [0.15, 0.2) is 0 Å². The number of nitrogens with zero attached hydrogens (tertiary/aromatic N) is 2. The van der Waals surface area contributed by atoms with Gasteiger partial charge >= 0.3 is 0 Å². The van der Waals surface area contributed by atoms with Gasteiger partial charge in [0.25, 0.3) is 0 Å². The molecule has 1 aromatic heterocycles. The minimum Gasteiger partial charge on any atom is -0.222 e. The SMILES string of the molecule is Clc1ccc(-n2nc3c(c2Cl)CCC3)cc1. The van der Waals surface area contributed by atoms with Crippen molar-refractivity contribution in [2.24, 2.45) is 0 Å². The average Bonchev–Trinajstić information content (AvgIpc) is 2.84. The van der Waals surface area contributed by atoms with E-state index < -0.39 is 0 Å². The molecule has 4 heteroatoms. The van der Waals surface area contributed by atoms with Crippen molar-refractivity contribution >= 4 is 23.2 Å². The highest BCUT2D eigenvalue weighted by Crippen LogP contribution is 2.30. The predicted molar refractivity (Wildman–Crippen MR) is 65.6 cm³/mol. The van der Waals surface area contributed by atoms with Crippen LogP contribution in [0.25, 0.3) is 5.69 Å². The van der Waals surface area contributed by atoms with E-state index in [1.807, 2.05) is 24.3 Å². The molecule has 0 radical (unpaired) electrons. The van der Waals surface area contributed by atoms with Crippen LogP contribution in [0.5, 0.6) is 0 Å². The largest absolute Gasteiger partial charge is 0.222 e. The van der Waals surface area contributed by atoms with Gasteiger partial charge in [-0.3, -0.25) is 0 Å². The highest BCUT2D eigenvalue weighted by atomic mass is 35.5. The molecule has 0 amide bonds. The van der Waals surface area contributed by atoms with Crippen LogP contribution in [-0.2, 0) is 12.8 Å². The first-order valence-electron chi connectivity index (χ1n) is 5.28.